The molecule has 0 bridgehead atoms. The molecule has 8 heteroatoms. The minimum absolute atomic E-state index is 0.242. The van der Waals surface area contributed by atoms with Gasteiger partial charge < -0.3 is 10.4 Å². The van der Waals surface area contributed by atoms with Crippen LogP contribution in [0, 0.1) is 5.92 Å². The molecular weight excluding hydrogens is 323 g/mol. The van der Waals surface area contributed by atoms with E-state index in [4.69, 9.17) is 0 Å². The lowest BCUT2D eigenvalue weighted by molar-refractivity contribution is -0.137. The molecule has 0 radical (unpaired) electrons. The molecule has 2 atom stereocenters. The largest absolute Gasteiger partial charge is 0.416 e. The first-order valence-corrected chi connectivity index (χ1v) is 7.56. The molecule has 2 aromatic rings. The van der Waals surface area contributed by atoms with Crippen LogP contribution in [-0.4, -0.2) is 26.9 Å². The van der Waals surface area contributed by atoms with E-state index in [-0.39, 0.29) is 11.6 Å². The molecule has 1 aliphatic rings. The topological polar surface area (TPSA) is 67.2 Å². The molecule has 1 aromatic heterocycles. The van der Waals surface area contributed by atoms with Gasteiger partial charge in [0, 0.05) is 0 Å². The van der Waals surface area contributed by atoms with Crippen LogP contribution in [0.4, 0.5) is 18.9 Å². The Labute approximate surface area is 136 Å². The van der Waals surface area contributed by atoms with E-state index in [0.29, 0.717) is 18.5 Å². The van der Waals surface area contributed by atoms with Crippen molar-refractivity contribution >= 4 is 11.6 Å². The Morgan fingerprint density at radius 1 is 1.33 bits per heavy atom. The van der Waals surface area contributed by atoms with Crippen LogP contribution in [0.2, 0.25) is 0 Å². The maximum Gasteiger partial charge on any atom is 0.416 e. The van der Waals surface area contributed by atoms with Gasteiger partial charge in [-0.3, -0.25) is 4.79 Å². The van der Waals surface area contributed by atoms with E-state index in [0.717, 1.165) is 18.6 Å². The number of rotatable bonds is 3. The van der Waals surface area contributed by atoms with Gasteiger partial charge in [-0.05, 0) is 37.5 Å². The molecule has 24 heavy (non-hydrogen) atoms. The van der Waals surface area contributed by atoms with Crippen LogP contribution < -0.4 is 5.32 Å². The Morgan fingerprint density at radius 3 is 2.79 bits per heavy atom. The molecule has 1 heterocycles. The number of hydrogen-bond acceptors (Lipinski definition) is 3. The zero-order valence-electron chi connectivity index (χ0n) is 12.6. The average Bonchev–Trinajstić information content (AvgIpc) is 3.15. The number of anilines is 1. The molecule has 5 nitrogen and oxygen atoms in total. The normalized spacial score (nSPS) is 21.0. The highest BCUT2D eigenvalue weighted by atomic mass is 19.4. The first-order valence-electron chi connectivity index (χ1n) is 7.56. The number of aromatic nitrogens is 2. The molecule has 2 unspecified atom stereocenters. The number of aliphatic hydroxyl groups excluding tert-OH is 1. The molecule has 3 rings (SSSR count). The Balaban J connectivity index is 1.75. The molecular formula is C16H16F3N3O2. The highest BCUT2D eigenvalue weighted by Crippen LogP contribution is 2.30. The lowest BCUT2D eigenvalue weighted by Crippen LogP contribution is -2.28. The van der Waals surface area contributed by atoms with Crippen molar-refractivity contribution in [1.82, 2.24) is 9.78 Å². The highest BCUT2D eigenvalue weighted by molar-refractivity contribution is 5.92. The van der Waals surface area contributed by atoms with E-state index in [1.165, 1.54) is 29.2 Å². The van der Waals surface area contributed by atoms with Crippen LogP contribution in [0.25, 0.3) is 5.69 Å². The standard InChI is InChI=1S/C16H16F3N3O2/c17-16(18,19)10-3-1-4-12(7-10)22-9-11(8-20-22)21-15(24)13-5-2-6-14(13)23/h1,3-4,7-9,13-14,23H,2,5-6H2,(H,21,24). The Hall–Kier alpha value is -2.35. The maximum absolute atomic E-state index is 12.8. The van der Waals surface area contributed by atoms with Gasteiger partial charge in [0.2, 0.25) is 5.91 Å². The van der Waals surface area contributed by atoms with E-state index < -0.39 is 23.8 Å². The lowest BCUT2D eigenvalue weighted by atomic mass is 10.1. The third-order valence-corrected chi connectivity index (χ3v) is 4.10. The molecule has 1 aromatic carbocycles. The molecule has 2 N–H and O–H groups in total. The van der Waals surface area contributed by atoms with Crippen LogP contribution in [-0.2, 0) is 11.0 Å². The first kappa shape index (κ1) is 16.5. The van der Waals surface area contributed by atoms with Crippen LogP contribution in [0.15, 0.2) is 36.7 Å². The molecule has 1 saturated carbocycles. The minimum Gasteiger partial charge on any atom is -0.392 e. The highest BCUT2D eigenvalue weighted by Gasteiger charge is 2.32. The van der Waals surface area contributed by atoms with Gasteiger partial charge in [0.15, 0.2) is 0 Å². The van der Waals surface area contributed by atoms with Gasteiger partial charge in [0.25, 0.3) is 0 Å². The number of carbonyl (C=O) groups is 1. The zero-order chi connectivity index (χ0) is 17.3. The maximum atomic E-state index is 12.8. The Kier molecular flexibility index (Phi) is 4.31. The fourth-order valence-corrected chi connectivity index (χ4v) is 2.83. The van der Waals surface area contributed by atoms with E-state index >= 15 is 0 Å². The number of nitrogens with one attached hydrogen (secondary N) is 1. The fraction of sp³-hybridized carbons (Fsp3) is 0.375. The summed E-state index contributed by atoms with van der Waals surface area (Å²) in [6.07, 6.45) is -0.268. The molecule has 0 aliphatic heterocycles. The number of nitrogens with zero attached hydrogens (tertiary/aromatic N) is 2. The molecule has 0 saturated heterocycles. The van der Waals surface area contributed by atoms with Crippen LogP contribution in [0.5, 0.6) is 0 Å². The zero-order valence-corrected chi connectivity index (χ0v) is 12.6. The van der Waals surface area contributed by atoms with E-state index in [2.05, 4.69) is 10.4 Å². The summed E-state index contributed by atoms with van der Waals surface area (Å²) in [5.74, 6) is -0.759. The SMILES string of the molecule is O=C(Nc1cnn(-c2cccc(C(F)(F)F)c2)c1)C1CCCC1O. The van der Waals surface area contributed by atoms with Crippen molar-refractivity contribution in [2.45, 2.75) is 31.5 Å². The summed E-state index contributed by atoms with van der Waals surface area (Å²) in [6, 6.07) is 4.76. The third kappa shape index (κ3) is 3.43. The average molecular weight is 339 g/mol. The van der Waals surface area contributed by atoms with Gasteiger partial charge in [0.05, 0.1) is 41.4 Å². The van der Waals surface area contributed by atoms with Crippen molar-refractivity contribution < 1.29 is 23.1 Å². The summed E-state index contributed by atoms with van der Waals surface area (Å²) in [5.41, 5.74) is -0.155. The summed E-state index contributed by atoms with van der Waals surface area (Å²) in [6.45, 7) is 0. The smallest absolute Gasteiger partial charge is 0.392 e. The van der Waals surface area contributed by atoms with Crippen LogP contribution in [0.3, 0.4) is 0 Å². The summed E-state index contributed by atoms with van der Waals surface area (Å²) in [7, 11) is 0. The van der Waals surface area contributed by atoms with Crippen LogP contribution in [0.1, 0.15) is 24.8 Å². The third-order valence-electron chi connectivity index (χ3n) is 4.10. The summed E-state index contributed by atoms with van der Waals surface area (Å²) >= 11 is 0. The predicted octanol–water partition coefficient (Wildman–Crippen LogP) is 2.99. The van der Waals surface area contributed by atoms with Crippen molar-refractivity contribution in [1.29, 1.82) is 0 Å². The van der Waals surface area contributed by atoms with Crippen molar-refractivity contribution in [3.8, 4) is 5.69 Å². The number of hydrogen-bond donors (Lipinski definition) is 2. The number of carbonyl (C=O) groups excluding carboxylic acids is 1. The van der Waals surface area contributed by atoms with E-state index in [1.807, 2.05) is 0 Å². The summed E-state index contributed by atoms with van der Waals surface area (Å²) in [4.78, 5) is 12.1. The number of alkyl halides is 3. The van der Waals surface area contributed by atoms with Crippen molar-refractivity contribution in [2.75, 3.05) is 5.32 Å². The molecule has 1 aliphatic carbocycles. The fourth-order valence-electron chi connectivity index (χ4n) is 2.83. The van der Waals surface area contributed by atoms with Gasteiger partial charge in [-0.1, -0.05) is 6.07 Å². The Morgan fingerprint density at radius 2 is 2.12 bits per heavy atom. The van der Waals surface area contributed by atoms with E-state index in [1.54, 1.807) is 0 Å². The Bertz CT molecular complexity index is 742. The molecule has 1 amide bonds. The quantitative estimate of drug-likeness (QED) is 0.903. The summed E-state index contributed by atoms with van der Waals surface area (Å²) in [5, 5.41) is 16.4. The van der Waals surface area contributed by atoms with Crippen molar-refractivity contribution in [3.63, 3.8) is 0 Å². The van der Waals surface area contributed by atoms with E-state index in [9.17, 15) is 23.1 Å². The van der Waals surface area contributed by atoms with Gasteiger partial charge in [-0.15, -0.1) is 0 Å². The first-order chi connectivity index (χ1) is 11.3. The van der Waals surface area contributed by atoms with Gasteiger partial charge in [-0.25, -0.2) is 4.68 Å². The number of aliphatic hydroxyl groups is 1. The van der Waals surface area contributed by atoms with Crippen molar-refractivity contribution in [3.05, 3.63) is 42.2 Å². The van der Waals surface area contributed by atoms with Crippen molar-refractivity contribution in [2.24, 2.45) is 5.92 Å². The second-order valence-electron chi connectivity index (χ2n) is 5.82. The molecule has 128 valence electrons. The number of benzene rings is 1. The van der Waals surface area contributed by atoms with Gasteiger partial charge >= 0.3 is 6.18 Å². The predicted molar refractivity (Wildman–Crippen MR) is 80.5 cm³/mol. The minimum atomic E-state index is -4.43. The lowest BCUT2D eigenvalue weighted by Gasteiger charge is -2.13. The molecule has 1 fully saturated rings. The second-order valence-corrected chi connectivity index (χ2v) is 5.82. The van der Waals surface area contributed by atoms with Gasteiger partial charge in [0.1, 0.15) is 0 Å². The molecule has 0 spiro atoms. The number of amides is 1. The van der Waals surface area contributed by atoms with Crippen LogP contribution >= 0.6 is 0 Å². The summed E-state index contributed by atoms with van der Waals surface area (Å²) < 4.78 is 39.5. The monoisotopic (exact) mass is 339 g/mol. The van der Waals surface area contributed by atoms with Gasteiger partial charge in [-0.2, -0.15) is 18.3 Å². The second kappa shape index (κ2) is 6.27. The number of halogens is 3.